The van der Waals surface area contributed by atoms with Crippen LogP contribution in [0.4, 0.5) is 5.82 Å². The number of fused-ring (bicyclic) bond motifs is 1. The van der Waals surface area contributed by atoms with E-state index in [0.29, 0.717) is 6.04 Å². The third kappa shape index (κ3) is 4.13. The first-order valence-electron chi connectivity index (χ1n) is 10.1. The molecule has 0 saturated carbocycles. The first kappa shape index (κ1) is 18.8. The number of hydrogen-bond acceptors (Lipinski definition) is 6. The topological polar surface area (TPSA) is 57.2 Å². The van der Waals surface area contributed by atoms with Crippen LogP contribution >= 0.6 is 0 Å². The SMILES string of the molecule is CCN1CCN(C(C)CNc2nc(-c3ccncc3)nc3ccccc23)CC1. The maximum Gasteiger partial charge on any atom is 0.162 e. The Morgan fingerprint density at radius 1 is 1.00 bits per heavy atom. The van der Waals surface area contributed by atoms with Crippen LogP contribution in [0.1, 0.15) is 13.8 Å². The summed E-state index contributed by atoms with van der Waals surface area (Å²) in [6, 6.07) is 12.5. The molecule has 1 unspecified atom stereocenters. The van der Waals surface area contributed by atoms with E-state index in [1.54, 1.807) is 12.4 Å². The summed E-state index contributed by atoms with van der Waals surface area (Å²) in [4.78, 5) is 18.8. The van der Waals surface area contributed by atoms with Crippen LogP contribution in [0.25, 0.3) is 22.3 Å². The van der Waals surface area contributed by atoms with Crippen LogP contribution in [0, 0.1) is 0 Å². The van der Waals surface area contributed by atoms with Gasteiger partial charge in [0.05, 0.1) is 5.52 Å². The molecule has 1 atom stereocenters. The van der Waals surface area contributed by atoms with Crippen LogP contribution in [0.2, 0.25) is 0 Å². The number of pyridine rings is 1. The second-order valence-electron chi connectivity index (χ2n) is 7.35. The largest absolute Gasteiger partial charge is 0.368 e. The molecule has 0 radical (unpaired) electrons. The number of likely N-dealkylation sites (N-methyl/N-ethyl adjacent to an activating group) is 1. The van der Waals surface area contributed by atoms with E-state index in [1.165, 1.54) is 0 Å². The maximum atomic E-state index is 4.84. The van der Waals surface area contributed by atoms with Gasteiger partial charge in [0.15, 0.2) is 5.82 Å². The minimum absolute atomic E-state index is 0.456. The van der Waals surface area contributed by atoms with Gasteiger partial charge in [-0.25, -0.2) is 9.97 Å². The van der Waals surface area contributed by atoms with Crippen molar-refractivity contribution in [3.05, 3.63) is 48.8 Å². The zero-order valence-corrected chi connectivity index (χ0v) is 16.7. The molecule has 6 nitrogen and oxygen atoms in total. The lowest BCUT2D eigenvalue weighted by Gasteiger charge is -2.37. The average molecular weight is 377 g/mol. The fraction of sp³-hybridized carbons (Fsp3) is 0.409. The van der Waals surface area contributed by atoms with Gasteiger partial charge in [-0.2, -0.15) is 0 Å². The number of benzene rings is 1. The highest BCUT2D eigenvalue weighted by Gasteiger charge is 2.20. The Hall–Kier alpha value is -2.57. The Labute approximate surface area is 166 Å². The molecule has 3 heterocycles. The van der Waals surface area contributed by atoms with Crippen molar-refractivity contribution in [1.82, 2.24) is 24.8 Å². The van der Waals surface area contributed by atoms with Gasteiger partial charge in [0.25, 0.3) is 0 Å². The second-order valence-corrected chi connectivity index (χ2v) is 7.35. The number of hydrogen-bond donors (Lipinski definition) is 1. The Morgan fingerprint density at radius 3 is 2.50 bits per heavy atom. The Bertz CT molecular complexity index is 905. The molecule has 1 fully saturated rings. The van der Waals surface area contributed by atoms with Crippen molar-refractivity contribution in [2.24, 2.45) is 0 Å². The molecule has 3 aromatic rings. The molecule has 6 heteroatoms. The van der Waals surface area contributed by atoms with Gasteiger partial charge in [-0.3, -0.25) is 9.88 Å². The van der Waals surface area contributed by atoms with Crippen LogP contribution < -0.4 is 5.32 Å². The van der Waals surface area contributed by atoms with Gasteiger partial charge in [-0.1, -0.05) is 19.1 Å². The van der Waals surface area contributed by atoms with Crippen molar-refractivity contribution in [3.8, 4) is 11.4 Å². The van der Waals surface area contributed by atoms with E-state index < -0.39 is 0 Å². The van der Waals surface area contributed by atoms with Crippen LogP contribution in [0.15, 0.2) is 48.8 Å². The molecule has 2 aromatic heterocycles. The molecule has 1 aliphatic rings. The third-order valence-electron chi connectivity index (χ3n) is 5.58. The molecule has 1 aromatic carbocycles. The smallest absolute Gasteiger partial charge is 0.162 e. The minimum atomic E-state index is 0.456. The van der Waals surface area contributed by atoms with E-state index in [1.807, 2.05) is 30.3 Å². The number of anilines is 1. The van der Waals surface area contributed by atoms with Crippen LogP contribution in [0.5, 0.6) is 0 Å². The van der Waals surface area contributed by atoms with Gasteiger partial charge >= 0.3 is 0 Å². The normalized spacial score (nSPS) is 16.9. The Balaban J connectivity index is 1.53. The Kier molecular flexibility index (Phi) is 5.78. The summed E-state index contributed by atoms with van der Waals surface area (Å²) >= 11 is 0. The maximum absolute atomic E-state index is 4.84. The first-order chi connectivity index (χ1) is 13.7. The molecule has 28 heavy (non-hydrogen) atoms. The molecule has 146 valence electrons. The van der Waals surface area contributed by atoms with Gasteiger partial charge < -0.3 is 10.2 Å². The van der Waals surface area contributed by atoms with Crippen molar-refractivity contribution in [2.75, 3.05) is 44.6 Å². The molecular formula is C22H28N6. The number of aromatic nitrogens is 3. The average Bonchev–Trinajstić information content (AvgIpc) is 2.77. The van der Waals surface area contributed by atoms with Crippen LogP contribution in [-0.4, -0.2) is 70.1 Å². The van der Waals surface area contributed by atoms with Crippen molar-refractivity contribution < 1.29 is 0 Å². The highest BCUT2D eigenvalue weighted by Crippen LogP contribution is 2.24. The van der Waals surface area contributed by atoms with Gasteiger partial charge in [0, 0.05) is 62.1 Å². The molecule has 4 rings (SSSR count). The van der Waals surface area contributed by atoms with Crippen molar-refractivity contribution >= 4 is 16.7 Å². The fourth-order valence-electron chi connectivity index (χ4n) is 3.74. The molecule has 0 bridgehead atoms. The number of para-hydroxylation sites is 1. The van der Waals surface area contributed by atoms with E-state index in [4.69, 9.17) is 9.97 Å². The lowest BCUT2D eigenvalue weighted by molar-refractivity contribution is 0.110. The monoisotopic (exact) mass is 376 g/mol. The zero-order chi connectivity index (χ0) is 19.3. The van der Waals surface area contributed by atoms with Crippen LogP contribution in [0.3, 0.4) is 0 Å². The highest BCUT2D eigenvalue weighted by atomic mass is 15.3. The van der Waals surface area contributed by atoms with Crippen molar-refractivity contribution in [1.29, 1.82) is 0 Å². The van der Waals surface area contributed by atoms with E-state index in [-0.39, 0.29) is 0 Å². The zero-order valence-electron chi connectivity index (χ0n) is 16.7. The lowest BCUT2D eigenvalue weighted by atomic mass is 10.2. The summed E-state index contributed by atoms with van der Waals surface area (Å²) in [6.45, 7) is 11.1. The summed E-state index contributed by atoms with van der Waals surface area (Å²) in [5, 5.41) is 4.66. The second kappa shape index (κ2) is 8.63. The van der Waals surface area contributed by atoms with E-state index in [2.05, 4.69) is 40.0 Å². The van der Waals surface area contributed by atoms with Gasteiger partial charge in [-0.05, 0) is 37.7 Å². The lowest BCUT2D eigenvalue weighted by Crippen LogP contribution is -2.51. The third-order valence-corrected chi connectivity index (χ3v) is 5.58. The molecule has 0 aliphatic carbocycles. The van der Waals surface area contributed by atoms with Gasteiger partial charge in [0.2, 0.25) is 0 Å². The van der Waals surface area contributed by atoms with Gasteiger partial charge in [0.1, 0.15) is 5.82 Å². The first-order valence-corrected chi connectivity index (χ1v) is 10.1. The van der Waals surface area contributed by atoms with E-state index >= 15 is 0 Å². The van der Waals surface area contributed by atoms with Gasteiger partial charge in [-0.15, -0.1) is 0 Å². The minimum Gasteiger partial charge on any atom is -0.368 e. The van der Waals surface area contributed by atoms with E-state index in [0.717, 1.165) is 67.4 Å². The summed E-state index contributed by atoms with van der Waals surface area (Å²) in [5.41, 5.74) is 1.93. The summed E-state index contributed by atoms with van der Waals surface area (Å²) < 4.78 is 0. The molecule has 0 amide bonds. The van der Waals surface area contributed by atoms with Crippen molar-refractivity contribution in [3.63, 3.8) is 0 Å². The predicted molar refractivity (Wildman–Crippen MR) is 114 cm³/mol. The number of nitrogens with one attached hydrogen (secondary N) is 1. The number of piperazine rings is 1. The Morgan fingerprint density at radius 2 is 1.75 bits per heavy atom. The van der Waals surface area contributed by atoms with Crippen molar-refractivity contribution in [2.45, 2.75) is 19.9 Å². The summed E-state index contributed by atoms with van der Waals surface area (Å²) in [7, 11) is 0. The highest BCUT2D eigenvalue weighted by molar-refractivity contribution is 5.90. The number of rotatable bonds is 6. The van der Waals surface area contributed by atoms with E-state index in [9.17, 15) is 0 Å². The molecule has 1 saturated heterocycles. The molecule has 1 aliphatic heterocycles. The molecule has 0 spiro atoms. The summed E-state index contributed by atoms with van der Waals surface area (Å²) in [5.74, 6) is 1.63. The fourth-order valence-corrected chi connectivity index (χ4v) is 3.74. The molecular weight excluding hydrogens is 348 g/mol. The number of nitrogens with zero attached hydrogens (tertiary/aromatic N) is 5. The standard InChI is InChI=1S/C22H28N6/c1-3-27-12-14-28(15-13-27)17(2)16-24-22-19-6-4-5-7-20(19)25-21(26-22)18-8-10-23-11-9-18/h4-11,17H,3,12-16H2,1-2H3,(H,24,25,26). The predicted octanol–water partition coefficient (Wildman–Crippen LogP) is 3.13. The quantitative estimate of drug-likeness (QED) is 0.713. The summed E-state index contributed by atoms with van der Waals surface area (Å²) in [6.07, 6.45) is 3.55. The van der Waals surface area contributed by atoms with Crippen LogP contribution in [-0.2, 0) is 0 Å². The molecule has 1 N–H and O–H groups in total.